The molecule has 7 nitrogen and oxygen atoms in total. The number of carbonyl (C=O) groups is 2. The molecule has 2 aliphatic rings. The molecule has 2 aromatic rings. The lowest BCUT2D eigenvalue weighted by Gasteiger charge is -2.34. The molecule has 0 radical (unpaired) electrons. The lowest BCUT2D eigenvalue weighted by atomic mass is 9.97. The Bertz CT molecular complexity index is 1130. The van der Waals surface area contributed by atoms with Crippen LogP contribution in [0.4, 0.5) is 8.78 Å². The Labute approximate surface area is 217 Å². The van der Waals surface area contributed by atoms with E-state index in [1.165, 1.54) is 17.0 Å². The molecular formula is C28H36F2N4O3. The largest absolute Gasteiger partial charge is 0.492 e. The summed E-state index contributed by atoms with van der Waals surface area (Å²) in [7, 11) is 0. The molecule has 1 atom stereocenters. The maximum Gasteiger partial charge on any atom is 0.257 e. The van der Waals surface area contributed by atoms with Crippen LogP contribution in [-0.2, 0) is 4.79 Å². The predicted octanol–water partition coefficient (Wildman–Crippen LogP) is 4.21. The fourth-order valence-electron chi connectivity index (χ4n) is 5.23. The third kappa shape index (κ3) is 6.26. The first-order valence-corrected chi connectivity index (χ1v) is 12.9. The fraction of sp³-hybridized carbons (Fsp3) is 0.536. The average molecular weight is 515 g/mol. The number of benzene rings is 1. The molecule has 2 saturated heterocycles. The van der Waals surface area contributed by atoms with Crippen molar-refractivity contribution < 1.29 is 23.1 Å². The summed E-state index contributed by atoms with van der Waals surface area (Å²) in [6.07, 6.45) is 4.63. The number of hydrogen-bond acceptors (Lipinski definition) is 5. The van der Waals surface area contributed by atoms with E-state index >= 15 is 0 Å². The Morgan fingerprint density at radius 3 is 2.51 bits per heavy atom. The number of alkyl halides is 1. The number of halogens is 2. The van der Waals surface area contributed by atoms with E-state index in [-0.39, 0.29) is 5.56 Å². The normalized spacial score (nSPS) is 21.3. The number of ether oxygens (including phenoxy) is 1. The van der Waals surface area contributed by atoms with Gasteiger partial charge in [0.15, 0.2) is 0 Å². The van der Waals surface area contributed by atoms with Crippen LogP contribution in [0.5, 0.6) is 5.75 Å². The number of nitrogens with two attached hydrogens (primary N) is 1. The van der Waals surface area contributed by atoms with Crippen LogP contribution >= 0.6 is 0 Å². The molecule has 3 heterocycles. The molecule has 0 saturated carbocycles. The van der Waals surface area contributed by atoms with Crippen molar-refractivity contribution in [3.63, 3.8) is 0 Å². The summed E-state index contributed by atoms with van der Waals surface area (Å²) in [4.78, 5) is 32.8. The zero-order valence-corrected chi connectivity index (χ0v) is 21.8. The van der Waals surface area contributed by atoms with Gasteiger partial charge in [-0.05, 0) is 89.7 Å². The Balaban J connectivity index is 1.34. The first-order valence-electron chi connectivity index (χ1n) is 12.9. The van der Waals surface area contributed by atoms with Gasteiger partial charge in [-0.25, -0.2) is 8.78 Å². The number of likely N-dealkylation sites (tertiary alicyclic amines) is 2. The molecule has 1 aromatic carbocycles. The molecule has 0 aliphatic carbocycles. The van der Waals surface area contributed by atoms with Gasteiger partial charge in [0, 0.05) is 18.7 Å². The number of primary amides is 1. The molecule has 4 rings (SSSR count). The minimum absolute atomic E-state index is 0.0980. The average Bonchev–Trinajstić information content (AvgIpc) is 3.25. The molecule has 0 spiro atoms. The Kier molecular flexibility index (Phi) is 7.83. The molecule has 9 heteroatoms. The maximum absolute atomic E-state index is 15.0. The highest BCUT2D eigenvalue weighted by atomic mass is 19.1. The fourth-order valence-corrected chi connectivity index (χ4v) is 5.23. The van der Waals surface area contributed by atoms with Crippen LogP contribution in [0.3, 0.4) is 0 Å². The van der Waals surface area contributed by atoms with E-state index in [1.54, 1.807) is 45.2 Å². The number of aromatic nitrogens is 1. The second kappa shape index (κ2) is 10.7. The van der Waals surface area contributed by atoms with Crippen LogP contribution in [0.2, 0.25) is 0 Å². The van der Waals surface area contributed by atoms with E-state index in [4.69, 9.17) is 10.5 Å². The van der Waals surface area contributed by atoms with E-state index < -0.39 is 28.8 Å². The van der Waals surface area contributed by atoms with Crippen LogP contribution < -0.4 is 10.5 Å². The standard InChI is InChI=1S/C28H36F2N4O3/c1-27(2,30)18-33-13-9-19(10-14-33)17-37-21-6-8-24(32-16-21)20-5-7-22(23(29)15-20)25(35)34-12-4-11-28(34,3)26(31)36/h5-8,15-16,19H,4,9-14,17-18H2,1-3H3,(H2,31,36)/t28-/m0/s1. The zero-order valence-electron chi connectivity index (χ0n) is 21.8. The predicted molar refractivity (Wildman–Crippen MR) is 137 cm³/mol. The van der Waals surface area contributed by atoms with Gasteiger partial charge in [0.1, 0.15) is 22.8 Å². The summed E-state index contributed by atoms with van der Waals surface area (Å²) in [5.74, 6) is -0.772. The first-order chi connectivity index (χ1) is 17.5. The molecule has 2 amide bonds. The maximum atomic E-state index is 15.0. The molecule has 2 aliphatic heterocycles. The summed E-state index contributed by atoms with van der Waals surface area (Å²) < 4.78 is 34.8. The van der Waals surface area contributed by atoms with Gasteiger partial charge in [-0.15, -0.1) is 0 Å². The molecular weight excluding hydrogens is 478 g/mol. The molecule has 2 N–H and O–H groups in total. The van der Waals surface area contributed by atoms with Crippen molar-refractivity contribution >= 4 is 11.8 Å². The first kappa shape index (κ1) is 27.0. The van der Waals surface area contributed by atoms with Gasteiger partial charge < -0.3 is 20.3 Å². The minimum Gasteiger partial charge on any atom is -0.492 e. The van der Waals surface area contributed by atoms with Crippen molar-refractivity contribution in [1.82, 2.24) is 14.8 Å². The van der Waals surface area contributed by atoms with Gasteiger partial charge in [-0.1, -0.05) is 6.07 Å². The number of pyridine rings is 1. The van der Waals surface area contributed by atoms with E-state index in [0.29, 0.717) is 55.5 Å². The Morgan fingerprint density at radius 1 is 1.19 bits per heavy atom. The summed E-state index contributed by atoms with van der Waals surface area (Å²) in [5, 5.41) is 0. The van der Waals surface area contributed by atoms with E-state index in [0.717, 1.165) is 25.9 Å². The Morgan fingerprint density at radius 2 is 1.92 bits per heavy atom. The molecule has 2 fully saturated rings. The van der Waals surface area contributed by atoms with Crippen LogP contribution in [-0.4, -0.2) is 70.6 Å². The number of nitrogens with zero attached hydrogens (tertiary/aromatic N) is 3. The minimum atomic E-state index is -1.18. The highest BCUT2D eigenvalue weighted by molar-refractivity contribution is 5.99. The topological polar surface area (TPSA) is 88.8 Å². The van der Waals surface area contributed by atoms with E-state index in [1.807, 2.05) is 0 Å². The zero-order chi connectivity index (χ0) is 26.8. The van der Waals surface area contributed by atoms with Gasteiger partial charge in [-0.3, -0.25) is 14.6 Å². The molecule has 0 unspecified atom stereocenters. The van der Waals surface area contributed by atoms with Crippen LogP contribution in [0.1, 0.15) is 56.8 Å². The number of amides is 2. The van der Waals surface area contributed by atoms with Crippen molar-refractivity contribution in [3.8, 4) is 17.0 Å². The smallest absolute Gasteiger partial charge is 0.257 e. The number of carbonyl (C=O) groups excluding carboxylic acids is 2. The molecule has 0 bridgehead atoms. The number of piperidine rings is 1. The summed E-state index contributed by atoms with van der Waals surface area (Å²) >= 11 is 0. The monoisotopic (exact) mass is 514 g/mol. The third-order valence-corrected chi connectivity index (χ3v) is 7.44. The highest BCUT2D eigenvalue weighted by Crippen LogP contribution is 2.32. The molecule has 1 aromatic heterocycles. The van der Waals surface area contributed by atoms with E-state index in [2.05, 4.69) is 9.88 Å². The van der Waals surface area contributed by atoms with Gasteiger partial charge in [0.05, 0.1) is 24.1 Å². The summed E-state index contributed by atoms with van der Waals surface area (Å²) in [6, 6.07) is 7.89. The quantitative estimate of drug-likeness (QED) is 0.570. The second-order valence-electron chi connectivity index (χ2n) is 11.0. The van der Waals surface area contributed by atoms with Gasteiger partial charge in [0.2, 0.25) is 5.91 Å². The van der Waals surface area contributed by atoms with Crippen molar-refractivity contribution in [3.05, 3.63) is 47.9 Å². The summed E-state index contributed by atoms with van der Waals surface area (Å²) in [6.45, 7) is 7.94. The van der Waals surface area contributed by atoms with Crippen molar-refractivity contribution in [1.29, 1.82) is 0 Å². The van der Waals surface area contributed by atoms with Gasteiger partial charge >= 0.3 is 0 Å². The van der Waals surface area contributed by atoms with Gasteiger partial charge in [0.25, 0.3) is 5.91 Å². The van der Waals surface area contributed by atoms with Gasteiger partial charge in [-0.2, -0.15) is 0 Å². The molecule has 200 valence electrons. The SMILES string of the molecule is CC(C)(F)CN1CCC(COc2ccc(-c3ccc(C(=O)N4CCC[C@@]4(C)C(N)=O)c(F)c3)nc2)CC1. The Hall–Kier alpha value is -3.07. The van der Waals surface area contributed by atoms with Crippen LogP contribution in [0.15, 0.2) is 36.5 Å². The third-order valence-electron chi connectivity index (χ3n) is 7.44. The van der Waals surface area contributed by atoms with Crippen molar-refractivity contribution in [2.24, 2.45) is 11.7 Å². The number of hydrogen-bond donors (Lipinski definition) is 1. The summed E-state index contributed by atoms with van der Waals surface area (Å²) in [5.41, 5.74) is 4.21. The van der Waals surface area contributed by atoms with Crippen LogP contribution in [0, 0.1) is 11.7 Å². The van der Waals surface area contributed by atoms with E-state index in [9.17, 15) is 18.4 Å². The lowest BCUT2D eigenvalue weighted by molar-refractivity contribution is -0.126. The number of rotatable bonds is 8. The molecule has 37 heavy (non-hydrogen) atoms. The van der Waals surface area contributed by atoms with Crippen molar-refractivity contribution in [2.45, 2.75) is 57.7 Å². The second-order valence-corrected chi connectivity index (χ2v) is 11.0. The van der Waals surface area contributed by atoms with Crippen molar-refractivity contribution in [2.75, 3.05) is 32.8 Å². The van der Waals surface area contributed by atoms with Crippen LogP contribution in [0.25, 0.3) is 11.3 Å². The lowest BCUT2D eigenvalue weighted by Crippen LogP contribution is -2.54. The highest BCUT2D eigenvalue weighted by Gasteiger charge is 2.45.